The first-order valence-electron chi connectivity index (χ1n) is 6.61. The van der Waals surface area contributed by atoms with Crippen molar-refractivity contribution in [3.05, 3.63) is 39.2 Å². The molecule has 100 valence electrons. The number of hydrogen-bond acceptors (Lipinski definition) is 3. The van der Waals surface area contributed by atoms with Crippen molar-refractivity contribution >= 4 is 22.6 Å². The van der Waals surface area contributed by atoms with Gasteiger partial charge in [0.2, 0.25) is 0 Å². The summed E-state index contributed by atoms with van der Waals surface area (Å²) in [7, 11) is 0. The lowest BCUT2D eigenvalue weighted by Gasteiger charge is -2.20. The highest BCUT2D eigenvalue weighted by Crippen LogP contribution is 2.33. The molecule has 0 atom stereocenters. The molecule has 3 rings (SSSR count). The number of phenolic OH excluding ortho intramolecular Hbond substituents is 1. The van der Waals surface area contributed by atoms with Crippen molar-refractivity contribution in [2.75, 3.05) is 0 Å². The Bertz CT molecular complexity index is 669. The first kappa shape index (κ1) is 12.5. The predicted molar refractivity (Wildman–Crippen MR) is 75.0 cm³/mol. The van der Waals surface area contributed by atoms with Gasteiger partial charge in [0.1, 0.15) is 11.3 Å². The fraction of sp³-hybridized carbons (Fsp3) is 0.400. The smallest absolute Gasteiger partial charge is 0.196 e. The van der Waals surface area contributed by atoms with Crippen LogP contribution < -0.4 is 5.43 Å². The van der Waals surface area contributed by atoms with E-state index in [0.29, 0.717) is 16.9 Å². The van der Waals surface area contributed by atoms with Gasteiger partial charge < -0.3 is 9.52 Å². The predicted octanol–water partition coefficient (Wildman–Crippen LogP) is 4.20. The number of rotatable bonds is 1. The largest absolute Gasteiger partial charge is 0.506 e. The van der Waals surface area contributed by atoms with Crippen molar-refractivity contribution in [1.29, 1.82) is 0 Å². The summed E-state index contributed by atoms with van der Waals surface area (Å²) in [4.78, 5) is 12.5. The zero-order chi connectivity index (χ0) is 13.4. The summed E-state index contributed by atoms with van der Waals surface area (Å²) in [6.45, 7) is 0. The Morgan fingerprint density at radius 1 is 1.21 bits per heavy atom. The lowest BCUT2D eigenvalue weighted by Crippen LogP contribution is -2.15. The van der Waals surface area contributed by atoms with E-state index in [0.717, 1.165) is 18.4 Å². The van der Waals surface area contributed by atoms with E-state index in [-0.39, 0.29) is 16.2 Å². The molecule has 1 saturated carbocycles. The highest BCUT2D eigenvalue weighted by molar-refractivity contribution is 6.32. The molecule has 19 heavy (non-hydrogen) atoms. The first-order valence-corrected chi connectivity index (χ1v) is 6.98. The van der Waals surface area contributed by atoms with E-state index in [1.807, 2.05) is 0 Å². The molecule has 1 aliphatic carbocycles. The Hall–Kier alpha value is -1.48. The molecule has 0 amide bonds. The van der Waals surface area contributed by atoms with Crippen LogP contribution in [0.3, 0.4) is 0 Å². The molecule has 1 aliphatic rings. The van der Waals surface area contributed by atoms with Crippen molar-refractivity contribution in [3.8, 4) is 5.75 Å². The summed E-state index contributed by atoms with van der Waals surface area (Å²) in [5, 5.41) is 10.2. The third-order valence-corrected chi connectivity index (χ3v) is 4.22. The van der Waals surface area contributed by atoms with Crippen LogP contribution in [-0.2, 0) is 0 Å². The molecule has 3 nitrogen and oxygen atoms in total. The fourth-order valence-electron chi connectivity index (χ4n) is 2.85. The molecule has 1 fully saturated rings. The molecule has 0 spiro atoms. The van der Waals surface area contributed by atoms with Crippen LogP contribution in [-0.4, -0.2) is 5.11 Å². The van der Waals surface area contributed by atoms with Gasteiger partial charge >= 0.3 is 0 Å². The maximum Gasteiger partial charge on any atom is 0.196 e. The van der Waals surface area contributed by atoms with E-state index >= 15 is 0 Å². The molecule has 1 aromatic heterocycles. The second-order valence-corrected chi connectivity index (χ2v) is 5.56. The van der Waals surface area contributed by atoms with Gasteiger partial charge in [-0.1, -0.05) is 30.9 Å². The van der Waals surface area contributed by atoms with Crippen LogP contribution in [0.4, 0.5) is 0 Å². The average Bonchev–Trinajstić information content (AvgIpc) is 2.42. The maximum absolute atomic E-state index is 12.5. The van der Waals surface area contributed by atoms with Gasteiger partial charge in [0.05, 0.1) is 16.7 Å². The van der Waals surface area contributed by atoms with E-state index in [4.69, 9.17) is 16.0 Å². The lowest BCUT2D eigenvalue weighted by atomic mass is 9.84. The minimum Gasteiger partial charge on any atom is -0.506 e. The Morgan fingerprint density at radius 3 is 2.68 bits per heavy atom. The minimum absolute atomic E-state index is 0.0185. The van der Waals surface area contributed by atoms with Crippen LogP contribution in [0.5, 0.6) is 5.75 Å². The van der Waals surface area contributed by atoms with Crippen molar-refractivity contribution < 1.29 is 9.52 Å². The summed E-state index contributed by atoms with van der Waals surface area (Å²) in [6, 6.07) is 2.88. The number of halogens is 1. The molecular formula is C15H15ClO3. The Morgan fingerprint density at radius 2 is 1.95 bits per heavy atom. The zero-order valence-corrected chi connectivity index (χ0v) is 11.2. The number of hydrogen-bond donors (Lipinski definition) is 1. The Balaban J connectivity index is 2.14. The van der Waals surface area contributed by atoms with E-state index in [2.05, 4.69) is 0 Å². The second-order valence-electron chi connectivity index (χ2n) is 5.15. The number of aromatic hydroxyl groups is 1. The molecule has 0 unspecified atom stereocenters. The Labute approximate surface area is 115 Å². The van der Waals surface area contributed by atoms with Crippen LogP contribution in [0.15, 0.2) is 27.6 Å². The van der Waals surface area contributed by atoms with E-state index in [1.54, 1.807) is 6.26 Å². The third kappa shape index (κ3) is 2.23. The molecule has 0 radical (unpaired) electrons. The third-order valence-electron chi connectivity index (χ3n) is 3.91. The second kappa shape index (κ2) is 4.89. The van der Waals surface area contributed by atoms with Crippen molar-refractivity contribution in [1.82, 2.24) is 0 Å². The van der Waals surface area contributed by atoms with Crippen molar-refractivity contribution in [2.24, 2.45) is 0 Å². The van der Waals surface area contributed by atoms with Crippen LogP contribution in [0.1, 0.15) is 43.6 Å². The van der Waals surface area contributed by atoms with E-state index in [9.17, 15) is 9.90 Å². The van der Waals surface area contributed by atoms with Crippen LogP contribution in [0.2, 0.25) is 5.02 Å². The SMILES string of the molecule is O=c1c(C2CCCCC2)coc2cc(O)c(Cl)cc12. The van der Waals surface area contributed by atoms with Gasteiger partial charge in [-0.05, 0) is 24.8 Å². The number of benzene rings is 1. The molecule has 1 N–H and O–H groups in total. The summed E-state index contributed by atoms with van der Waals surface area (Å²) >= 11 is 5.87. The molecule has 1 heterocycles. The summed E-state index contributed by atoms with van der Waals surface area (Å²) in [5.41, 5.74) is 1.11. The van der Waals surface area contributed by atoms with Crippen LogP contribution in [0, 0.1) is 0 Å². The van der Waals surface area contributed by atoms with Crippen molar-refractivity contribution in [2.45, 2.75) is 38.0 Å². The fourth-order valence-corrected chi connectivity index (χ4v) is 3.01. The van der Waals surface area contributed by atoms with E-state index in [1.165, 1.54) is 31.4 Å². The number of phenols is 1. The van der Waals surface area contributed by atoms with Gasteiger partial charge in [-0.15, -0.1) is 0 Å². The molecule has 0 aliphatic heterocycles. The van der Waals surface area contributed by atoms with Crippen LogP contribution >= 0.6 is 11.6 Å². The minimum atomic E-state index is -0.0669. The van der Waals surface area contributed by atoms with Gasteiger partial charge in [-0.25, -0.2) is 0 Å². The summed E-state index contributed by atoms with van der Waals surface area (Å²) in [5.74, 6) is 0.227. The van der Waals surface area contributed by atoms with Gasteiger partial charge in [0.25, 0.3) is 0 Å². The van der Waals surface area contributed by atoms with Crippen LogP contribution in [0.25, 0.3) is 11.0 Å². The highest BCUT2D eigenvalue weighted by atomic mass is 35.5. The first-order chi connectivity index (χ1) is 9.16. The molecule has 0 bridgehead atoms. The molecular weight excluding hydrogens is 264 g/mol. The lowest BCUT2D eigenvalue weighted by molar-refractivity contribution is 0.433. The number of fused-ring (bicyclic) bond motifs is 1. The summed E-state index contributed by atoms with van der Waals surface area (Å²) in [6.07, 6.45) is 7.21. The maximum atomic E-state index is 12.5. The van der Waals surface area contributed by atoms with Crippen molar-refractivity contribution in [3.63, 3.8) is 0 Å². The zero-order valence-electron chi connectivity index (χ0n) is 10.5. The van der Waals surface area contributed by atoms with Gasteiger partial charge in [-0.3, -0.25) is 4.79 Å². The normalized spacial score (nSPS) is 16.9. The van der Waals surface area contributed by atoms with Gasteiger partial charge in [0.15, 0.2) is 5.43 Å². The highest BCUT2D eigenvalue weighted by Gasteiger charge is 2.20. The molecule has 1 aromatic carbocycles. The van der Waals surface area contributed by atoms with E-state index < -0.39 is 0 Å². The standard InChI is InChI=1S/C15H15ClO3/c16-12-6-10-14(7-13(12)17)19-8-11(15(10)18)9-4-2-1-3-5-9/h6-9,17H,1-5H2. The monoisotopic (exact) mass is 278 g/mol. The average molecular weight is 279 g/mol. The van der Waals surface area contributed by atoms with Gasteiger partial charge in [-0.2, -0.15) is 0 Å². The molecule has 0 saturated heterocycles. The van der Waals surface area contributed by atoms with Gasteiger partial charge in [0, 0.05) is 11.6 Å². The summed E-state index contributed by atoms with van der Waals surface area (Å²) < 4.78 is 5.49. The topological polar surface area (TPSA) is 50.4 Å². The quantitative estimate of drug-likeness (QED) is 0.850. The molecule has 2 aromatic rings. The Kier molecular flexibility index (Phi) is 3.23. The molecule has 4 heteroatoms.